The van der Waals surface area contributed by atoms with Crippen molar-refractivity contribution in [3.63, 3.8) is 0 Å². The van der Waals surface area contributed by atoms with E-state index in [1.807, 2.05) is 0 Å². The van der Waals surface area contributed by atoms with Crippen molar-refractivity contribution in [2.75, 3.05) is 20.3 Å². The lowest BCUT2D eigenvalue weighted by Gasteiger charge is -2.40. The van der Waals surface area contributed by atoms with E-state index in [0.29, 0.717) is 19.3 Å². The van der Waals surface area contributed by atoms with Gasteiger partial charge in [-0.2, -0.15) is 0 Å². The number of carbonyl (C=O) groups is 2. The topological polar surface area (TPSA) is 61.8 Å². The van der Waals surface area contributed by atoms with Crippen LogP contribution in [0.4, 0.5) is 0 Å². The minimum Gasteiger partial charge on any atom is -0.465 e. The number of hydrogen-bond acceptors (Lipinski definition) is 5. The monoisotopic (exact) mass is 410 g/mol. The molecule has 0 aromatic carbocycles. The normalized spacial score (nSPS) is 24.2. The minimum absolute atomic E-state index is 0.0358. The second-order valence-electron chi connectivity index (χ2n) is 5.09. The molecular weight excluding hydrogens is 387 g/mol. The maximum absolute atomic E-state index is 12.4. The largest absolute Gasteiger partial charge is 0.465 e. The SMILES string of the molecule is C=C(I)[C@@H]1CC(C(=O)OCC)(C(=O)OCC)CC[C@@H]1OC. The van der Waals surface area contributed by atoms with E-state index in [2.05, 4.69) is 29.2 Å². The number of esters is 2. The fraction of sp³-hybridized carbons (Fsp3) is 0.733. The Kier molecular flexibility index (Phi) is 7.12. The van der Waals surface area contributed by atoms with Gasteiger partial charge in [0.25, 0.3) is 0 Å². The predicted molar refractivity (Wildman–Crippen MR) is 87.0 cm³/mol. The van der Waals surface area contributed by atoms with Crippen molar-refractivity contribution in [1.82, 2.24) is 0 Å². The zero-order valence-corrected chi connectivity index (χ0v) is 15.0. The van der Waals surface area contributed by atoms with Gasteiger partial charge in [-0.3, -0.25) is 9.59 Å². The van der Waals surface area contributed by atoms with Crippen molar-refractivity contribution in [3.8, 4) is 0 Å². The summed E-state index contributed by atoms with van der Waals surface area (Å²) in [5.41, 5.74) is -1.24. The number of halogens is 1. The van der Waals surface area contributed by atoms with Crippen LogP contribution in [-0.2, 0) is 23.8 Å². The van der Waals surface area contributed by atoms with Gasteiger partial charge in [0.15, 0.2) is 5.41 Å². The van der Waals surface area contributed by atoms with E-state index in [4.69, 9.17) is 14.2 Å². The first kappa shape index (κ1) is 18.4. The van der Waals surface area contributed by atoms with Crippen molar-refractivity contribution in [1.29, 1.82) is 0 Å². The first-order valence-corrected chi connectivity index (χ1v) is 8.22. The number of rotatable bonds is 6. The van der Waals surface area contributed by atoms with Gasteiger partial charge in [0, 0.05) is 13.0 Å². The molecule has 5 nitrogen and oxygen atoms in total. The quantitative estimate of drug-likeness (QED) is 0.383. The van der Waals surface area contributed by atoms with E-state index >= 15 is 0 Å². The molecule has 6 heteroatoms. The summed E-state index contributed by atoms with van der Waals surface area (Å²) in [7, 11) is 1.64. The molecular formula is C15H23IO5. The highest BCUT2D eigenvalue weighted by Gasteiger charge is 2.54. The molecule has 0 unspecified atom stereocenters. The Bertz CT molecular complexity index is 389. The summed E-state index contributed by atoms with van der Waals surface area (Å²) < 4.78 is 16.6. The molecule has 0 bridgehead atoms. The third kappa shape index (κ3) is 3.97. The second-order valence-corrected chi connectivity index (χ2v) is 6.48. The van der Waals surface area contributed by atoms with Crippen LogP contribution in [0, 0.1) is 11.3 Å². The Balaban J connectivity index is 3.10. The van der Waals surface area contributed by atoms with Crippen LogP contribution in [0.1, 0.15) is 33.1 Å². The van der Waals surface area contributed by atoms with E-state index < -0.39 is 17.4 Å². The van der Waals surface area contributed by atoms with Crippen molar-refractivity contribution in [3.05, 3.63) is 10.2 Å². The maximum Gasteiger partial charge on any atom is 0.323 e. The third-order valence-electron chi connectivity index (χ3n) is 3.91. The summed E-state index contributed by atoms with van der Waals surface area (Å²) in [6, 6.07) is 0. The molecule has 0 aliphatic heterocycles. The molecule has 120 valence electrons. The number of ether oxygens (including phenoxy) is 3. The Morgan fingerprint density at radius 3 is 2.14 bits per heavy atom. The average Bonchev–Trinajstić information content (AvgIpc) is 2.46. The van der Waals surface area contributed by atoms with Gasteiger partial charge >= 0.3 is 11.9 Å². The number of carbonyl (C=O) groups excluding carboxylic acids is 2. The van der Waals surface area contributed by atoms with E-state index in [0.717, 1.165) is 3.58 Å². The van der Waals surface area contributed by atoms with Crippen LogP contribution in [-0.4, -0.2) is 38.4 Å². The van der Waals surface area contributed by atoms with Crippen LogP contribution in [0.5, 0.6) is 0 Å². The summed E-state index contributed by atoms with van der Waals surface area (Å²) in [5.74, 6) is -1.07. The van der Waals surface area contributed by atoms with Gasteiger partial charge in [-0.05, 0) is 59.3 Å². The summed E-state index contributed by atoms with van der Waals surface area (Å²) >= 11 is 2.13. The molecule has 1 aliphatic rings. The molecule has 1 saturated carbocycles. The molecule has 21 heavy (non-hydrogen) atoms. The van der Waals surface area contributed by atoms with Gasteiger partial charge < -0.3 is 14.2 Å². The number of methoxy groups -OCH3 is 1. The lowest BCUT2D eigenvalue weighted by Crippen LogP contribution is -2.49. The van der Waals surface area contributed by atoms with Crippen molar-refractivity contribution >= 4 is 34.5 Å². The van der Waals surface area contributed by atoms with Crippen LogP contribution in [0.15, 0.2) is 10.2 Å². The van der Waals surface area contributed by atoms with Crippen molar-refractivity contribution in [2.24, 2.45) is 11.3 Å². The fourth-order valence-electron chi connectivity index (χ4n) is 2.79. The van der Waals surface area contributed by atoms with Gasteiger partial charge in [-0.15, -0.1) is 0 Å². The molecule has 0 spiro atoms. The van der Waals surface area contributed by atoms with E-state index in [1.54, 1.807) is 21.0 Å². The molecule has 1 aliphatic carbocycles. The van der Waals surface area contributed by atoms with Gasteiger partial charge in [-0.25, -0.2) is 0 Å². The Labute approximate surface area is 139 Å². The number of hydrogen-bond donors (Lipinski definition) is 0. The molecule has 0 aromatic rings. The first-order chi connectivity index (χ1) is 9.92. The van der Waals surface area contributed by atoms with E-state index in [9.17, 15) is 9.59 Å². The van der Waals surface area contributed by atoms with Crippen LogP contribution >= 0.6 is 22.6 Å². The zero-order valence-electron chi connectivity index (χ0n) is 12.8. The maximum atomic E-state index is 12.4. The van der Waals surface area contributed by atoms with Crippen LogP contribution in [0.2, 0.25) is 0 Å². The van der Waals surface area contributed by atoms with Crippen molar-refractivity contribution < 1.29 is 23.8 Å². The van der Waals surface area contributed by atoms with E-state index in [-0.39, 0.29) is 25.2 Å². The predicted octanol–water partition coefficient (Wildman–Crippen LogP) is 2.86. The highest BCUT2D eigenvalue weighted by Crippen LogP contribution is 2.46. The van der Waals surface area contributed by atoms with Crippen LogP contribution in [0.25, 0.3) is 0 Å². The Morgan fingerprint density at radius 2 is 1.76 bits per heavy atom. The molecule has 0 radical (unpaired) electrons. The highest BCUT2D eigenvalue weighted by atomic mass is 127. The standard InChI is InChI=1S/C15H23IO5/c1-5-20-13(17)15(14(18)21-6-2)8-7-12(19-4)11(9-15)10(3)16/h11-12H,3,5-9H2,1-2,4H3/t11-,12-/m0/s1. The minimum atomic E-state index is -1.24. The summed E-state index contributed by atoms with van der Waals surface area (Å²) in [6.45, 7) is 7.89. The lowest BCUT2D eigenvalue weighted by atomic mass is 9.68. The first-order valence-electron chi connectivity index (χ1n) is 7.14. The Hall–Kier alpha value is -0.630. The molecule has 1 rings (SSSR count). The van der Waals surface area contributed by atoms with Gasteiger partial charge in [0.05, 0.1) is 19.3 Å². The van der Waals surface area contributed by atoms with Crippen LogP contribution < -0.4 is 0 Å². The molecule has 0 N–H and O–H groups in total. The van der Waals surface area contributed by atoms with Gasteiger partial charge in [0.1, 0.15) is 0 Å². The van der Waals surface area contributed by atoms with Crippen LogP contribution in [0.3, 0.4) is 0 Å². The summed E-state index contributed by atoms with van der Waals surface area (Å²) in [4.78, 5) is 24.8. The third-order valence-corrected chi connectivity index (χ3v) is 4.71. The molecule has 2 atom stereocenters. The van der Waals surface area contributed by atoms with Gasteiger partial charge in [0.2, 0.25) is 0 Å². The molecule has 0 aromatic heterocycles. The molecule has 0 amide bonds. The summed E-state index contributed by atoms with van der Waals surface area (Å²) in [5, 5.41) is 0. The van der Waals surface area contributed by atoms with E-state index in [1.165, 1.54) is 0 Å². The van der Waals surface area contributed by atoms with Gasteiger partial charge in [-0.1, -0.05) is 6.58 Å². The second kappa shape index (κ2) is 8.12. The molecule has 1 fully saturated rings. The fourth-order valence-corrected chi connectivity index (χ4v) is 3.41. The summed E-state index contributed by atoms with van der Waals surface area (Å²) in [6.07, 6.45) is 1.27. The lowest BCUT2D eigenvalue weighted by molar-refractivity contribution is -0.178. The molecule has 0 heterocycles. The van der Waals surface area contributed by atoms with Crippen molar-refractivity contribution in [2.45, 2.75) is 39.2 Å². The zero-order chi connectivity index (χ0) is 16.0. The smallest absolute Gasteiger partial charge is 0.323 e. The Morgan fingerprint density at radius 1 is 1.24 bits per heavy atom. The highest BCUT2D eigenvalue weighted by molar-refractivity contribution is 14.1. The average molecular weight is 410 g/mol. The molecule has 0 saturated heterocycles.